The number of carbonyl (C=O) groups excluding carboxylic acids is 1. The van der Waals surface area contributed by atoms with Gasteiger partial charge in [-0.05, 0) is 12.3 Å². The van der Waals surface area contributed by atoms with Crippen LogP contribution < -0.4 is 0 Å². The fourth-order valence-electron chi connectivity index (χ4n) is 1.21. The second kappa shape index (κ2) is 3.70. The third-order valence-corrected chi connectivity index (χ3v) is 1.85. The van der Waals surface area contributed by atoms with Gasteiger partial charge in [0.15, 0.2) is 0 Å². The predicted molar refractivity (Wildman–Crippen MR) is 48.9 cm³/mol. The molecule has 0 aromatic heterocycles. The van der Waals surface area contributed by atoms with Crippen molar-refractivity contribution in [3.8, 4) is 0 Å². The Kier molecular flexibility index (Phi) is 2.84. The van der Waals surface area contributed by atoms with E-state index in [1.807, 2.05) is 6.92 Å². The van der Waals surface area contributed by atoms with Crippen LogP contribution in [0.5, 0.6) is 0 Å². The normalized spacial score (nSPS) is 17.5. The lowest BCUT2D eigenvalue weighted by Gasteiger charge is -2.13. The summed E-state index contributed by atoms with van der Waals surface area (Å²) in [4.78, 5) is 11.3. The van der Waals surface area contributed by atoms with Gasteiger partial charge in [-0.15, -0.1) is 0 Å². The van der Waals surface area contributed by atoms with E-state index in [2.05, 4.69) is 18.9 Å². The molecule has 0 fully saturated rings. The van der Waals surface area contributed by atoms with Crippen molar-refractivity contribution >= 4 is 11.6 Å². The largest absolute Gasteiger partial charge is 0.273 e. The summed E-state index contributed by atoms with van der Waals surface area (Å²) in [7, 11) is 0. The molecular weight excluding hydrogens is 152 g/mol. The Morgan fingerprint density at radius 2 is 2.25 bits per heavy atom. The number of hydrogen-bond donors (Lipinski definition) is 0. The molecule has 1 aliphatic rings. The number of nitrogens with zero attached hydrogens (tertiary/aromatic N) is 2. The smallest absolute Gasteiger partial charge is 0.248 e. The van der Waals surface area contributed by atoms with Gasteiger partial charge in [0, 0.05) is 12.3 Å². The van der Waals surface area contributed by atoms with E-state index in [0.717, 1.165) is 18.7 Å². The molecule has 0 spiro atoms. The molecule has 1 amide bonds. The monoisotopic (exact) mass is 168 g/mol. The molecule has 0 aliphatic carbocycles. The average molecular weight is 168 g/mol. The molecule has 1 heterocycles. The van der Waals surface area contributed by atoms with E-state index >= 15 is 0 Å². The molecule has 1 aliphatic heterocycles. The van der Waals surface area contributed by atoms with Crippen LogP contribution in [-0.4, -0.2) is 23.2 Å². The van der Waals surface area contributed by atoms with Crippen molar-refractivity contribution in [1.29, 1.82) is 0 Å². The molecule has 68 valence electrons. The Labute approximate surface area is 73.4 Å². The summed E-state index contributed by atoms with van der Waals surface area (Å²) in [5, 5.41) is 5.83. The van der Waals surface area contributed by atoms with E-state index < -0.39 is 0 Å². The fourth-order valence-corrected chi connectivity index (χ4v) is 1.21. The quantitative estimate of drug-likeness (QED) is 0.630. The molecule has 0 bridgehead atoms. The van der Waals surface area contributed by atoms with Crippen LogP contribution in [0.3, 0.4) is 0 Å². The first kappa shape index (κ1) is 9.23. The van der Waals surface area contributed by atoms with Crippen molar-refractivity contribution in [3.05, 3.63) is 0 Å². The average Bonchev–Trinajstić information content (AvgIpc) is 2.31. The minimum atomic E-state index is 0.153. The van der Waals surface area contributed by atoms with Gasteiger partial charge in [-0.3, -0.25) is 4.79 Å². The summed E-state index contributed by atoms with van der Waals surface area (Å²) < 4.78 is 0. The lowest BCUT2D eigenvalue weighted by molar-refractivity contribution is -0.129. The van der Waals surface area contributed by atoms with Gasteiger partial charge in [-0.25, -0.2) is 5.01 Å². The molecule has 0 saturated carbocycles. The van der Waals surface area contributed by atoms with Gasteiger partial charge in [-0.2, -0.15) is 5.10 Å². The second-order valence-corrected chi connectivity index (χ2v) is 3.57. The van der Waals surface area contributed by atoms with Crippen molar-refractivity contribution in [1.82, 2.24) is 5.01 Å². The van der Waals surface area contributed by atoms with Crippen molar-refractivity contribution in [2.24, 2.45) is 11.0 Å². The molecule has 0 aromatic carbocycles. The standard InChI is InChI=1S/C9H16N2O/c1-4-8-5-9(12)11(10-8)6-7(2)3/h7H,4-6H2,1-3H3. The molecule has 1 rings (SSSR count). The maximum Gasteiger partial charge on any atom is 0.248 e. The molecular formula is C9H16N2O. The van der Waals surface area contributed by atoms with Crippen molar-refractivity contribution in [2.45, 2.75) is 33.6 Å². The van der Waals surface area contributed by atoms with Crippen molar-refractivity contribution in [3.63, 3.8) is 0 Å². The maximum atomic E-state index is 11.3. The highest BCUT2D eigenvalue weighted by Crippen LogP contribution is 2.12. The third kappa shape index (κ3) is 2.06. The number of hydrogen-bond acceptors (Lipinski definition) is 2. The van der Waals surface area contributed by atoms with E-state index in [1.54, 1.807) is 5.01 Å². The van der Waals surface area contributed by atoms with Gasteiger partial charge >= 0.3 is 0 Å². The van der Waals surface area contributed by atoms with E-state index in [0.29, 0.717) is 12.3 Å². The first-order valence-electron chi connectivity index (χ1n) is 4.50. The van der Waals surface area contributed by atoms with Crippen LogP contribution in [0.2, 0.25) is 0 Å². The van der Waals surface area contributed by atoms with E-state index in [4.69, 9.17) is 0 Å². The van der Waals surface area contributed by atoms with Crippen LogP contribution in [-0.2, 0) is 4.79 Å². The van der Waals surface area contributed by atoms with Gasteiger partial charge in [0.1, 0.15) is 0 Å². The topological polar surface area (TPSA) is 32.7 Å². The summed E-state index contributed by atoms with van der Waals surface area (Å²) in [5.41, 5.74) is 1.01. The highest BCUT2D eigenvalue weighted by molar-refractivity contribution is 6.04. The lowest BCUT2D eigenvalue weighted by Crippen LogP contribution is -2.24. The predicted octanol–water partition coefficient (Wildman–Crippen LogP) is 1.64. The van der Waals surface area contributed by atoms with E-state index in [-0.39, 0.29) is 5.91 Å². The summed E-state index contributed by atoms with van der Waals surface area (Å²) in [6, 6.07) is 0. The highest BCUT2D eigenvalue weighted by atomic mass is 16.2. The maximum absolute atomic E-state index is 11.3. The summed E-state index contributed by atoms with van der Waals surface area (Å²) >= 11 is 0. The van der Waals surface area contributed by atoms with Crippen LogP contribution in [0, 0.1) is 5.92 Å². The second-order valence-electron chi connectivity index (χ2n) is 3.57. The van der Waals surface area contributed by atoms with Gasteiger partial charge in [0.2, 0.25) is 5.91 Å². The minimum Gasteiger partial charge on any atom is -0.273 e. The SMILES string of the molecule is CCC1=NN(CC(C)C)C(=O)C1. The molecule has 0 aromatic rings. The number of hydrazone groups is 1. The van der Waals surface area contributed by atoms with Gasteiger partial charge < -0.3 is 0 Å². The Hall–Kier alpha value is -0.860. The molecule has 3 nitrogen and oxygen atoms in total. The number of amides is 1. The molecule has 0 saturated heterocycles. The first-order valence-corrected chi connectivity index (χ1v) is 4.50. The Bertz CT molecular complexity index is 209. The molecule has 0 N–H and O–H groups in total. The van der Waals surface area contributed by atoms with Crippen molar-refractivity contribution < 1.29 is 4.79 Å². The molecule has 0 unspecified atom stereocenters. The summed E-state index contributed by atoms with van der Waals surface area (Å²) in [6.45, 7) is 6.97. The highest BCUT2D eigenvalue weighted by Gasteiger charge is 2.22. The van der Waals surface area contributed by atoms with Gasteiger partial charge in [-0.1, -0.05) is 20.8 Å². The molecule has 0 radical (unpaired) electrons. The number of carbonyl (C=O) groups is 1. The van der Waals surface area contributed by atoms with Crippen molar-refractivity contribution in [2.75, 3.05) is 6.54 Å². The van der Waals surface area contributed by atoms with E-state index in [9.17, 15) is 4.79 Å². The zero-order valence-electron chi connectivity index (χ0n) is 8.00. The van der Waals surface area contributed by atoms with Crippen LogP contribution in [0.15, 0.2) is 5.10 Å². The Morgan fingerprint density at radius 3 is 2.67 bits per heavy atom. The van der Waals surface area contributed by atoms with Gasteiger partial charge in [0.25, 0.3) is 0 Å². The van der Waals surface area contributed by atoms with Gasteiger partial charge in [0.05, 0.1) is 6.42 Å². The molecule has 0 atom stereocenters. The lowest BCUT2D eigenvalue weighted by atomic mass is 10.2. The van der Waals surface area contributed by atoms with Crippen LogP contribution in [0.4, 0.5) is 0 Å². The number of rotatable bonds is 3. The Morgan fingerprint density at radius 1 is 1.58 bits per heavy atom. The molecule has 3 heteroatoms. The minimum absolute atomic E-state index is 0.153. The Balaban J connectivity index is 2.54. The first-order chi connectivity index (χ1) is 5.63. The van der Waals surface area contributed by atoms with Crippen LogP contribution in [0.25, 0.3) is 0 Å². The fraction of sp³-hybridized carbons (Fsp3) is 0.778. The molecule has 12 heavy (non-hydrogen) atoms. The summed E-state index contributed by atoms with van der Waals surface area (Å²) in [5.74, 6) is 0.648. The van der Waals surface area contributed by atoms with Crippen LogP contribution in [0.1, 0.15) is 33.6 Å². The zero-order chi connectivity index (χ0) is 9.14. The zero-order valence-corrected chi connectivity index (χ0v) is 8.00. The summed E-state index contributed by atoms with van der Waals surface area (Å²) in [6.07, 6.45) is 1.42. The van der Waals surface area contributed by atoms with Crippen LogP contribution >= 0.6 is 0 Å². The third-order valence-electron chi connectivity index (χ3n) is 1.85. The van der Waals surface area contributed by atoms with E-state index in [1.165, 1.54) is 0 Å².